The normalized spacial score (nSPS) is 18.2. The van der Waals surface area contributed by atoms with Gasteiger partial charge in [0.1, 0.15) is 0 Å². The monoisotopic (exact) mass is 198 g/mol. The third kappa shape index (κ3) is 5.67. The molecule has 0 fully saturated rings. The zero-order valence-corrected chi connectivity index (χ0v) is 11.1. The summed E-state index contributed by atoms with van der Waals surface area (Å²) in [6.45, 7) is 14.2. The predicted molar refractivity (Wildman–Crippen MR) is 66.5 cm³/mol. The van der Waals surface area contributed by atoms with E-state index in [4.69, 9.17) is 0 Å². The van der Waals surface area contributed by atoms with Crippen molar-refractivity contribution in [3.8, 4) is 0 Å². The molecule has 0 radical (unpaired) electrons. The minimum Gasteiger partial charge on any atom is -0.0651 e. The van der Waals surface area contributed by atoms with E-state index < -0.39 is 0 Å². The molecule has 0 saturated carbocycles. The fourth-order valence-corrected chi connectivity index (χ4v) is 2.42. The Hall–Kier alpha value is 0. The van der Waals surface area contributed by atoms with Gasteiger partial charge in [0.05, 0.1) is 0 Å². The van der Waals surface area contributed by atoms with Crippen LogP contribution in [0.4, 0.5) is 0 Å². The van der Waals surface area contributed by atoms with Crippen LogP contribution in [0.3, 0.4) is 0 Å². The first-order chi connectivity index (χ1) is 6.51. The van der Waals surface area contributed by atoms with Gasteiger partial charge >= 0.3 is 0 Å². The van der Waals surface area contributed by atoms with Crippen LogP contribution in [0, 0.1) is 23.7 Å². The highest BCUT2D eigenvalue weighted by Gasteiger charge is 2.18. The van der Waals surface area contributed by atoms with Gasteiger partial charge < -0.3 is 0 Å². The Balaban J connectivity index is 3.98. The second kappa shape index (κ2) is 7.31. The van der Waals surface area contributed by atoms with Gasteiger partial charge in [0.25, 0.3) is 0 Å². The average molecular weight is 198 g/mol. The molecule has 0 aromatic carbocycles. The van der Waals surface area contributed by atoms with Crippen molar-refractivity contribution in [3.63, 3.8) is 0 Å². The molecule has 0 aromatic rings. The highest BCUT2D eigenvalue weighted by molar-refractivity contribution is 4.69. The van der Waals surface area contributed by atoms with E-state index >= 15 is 0 Å². The Kier molecular flexibility index (Phi) is 7.31. The molecule has 0 heteroatoms. The maximum absolute atomic E-state index is 2.44. The van der Waals surface area contributed by atoms with E-state index in [9.17, 15) is 0 Å². The van der Waals surface area contributed by atoms with Crippen molar-refractivity contribution in [2.24, 2.45) is 23.7 Å². The van der Waals surface area contributed by atoms with E-state index in [-0.39, 0.29) is 0 Å². The summed E-state index contributed by atoms with van der Waals surface area (Å²) >= 11 is 0. The summed E-state index contributed by atoms with van der Waals surface area (Å²) in [5, 5.41) is 0. The van der Waals surface area contributed by atoms with Gasteiger partial charge in [0, 0.05) is 0 Å². The number of hydrogen-bond acceptors (Lipinski definition) is 0. The molecule has 0 bridgehead atoms. The molecule has 0 aliphatic carbocycles. The van der Waals surface area contributed by atoms with Gasteiger partial charge in [-0.15, -0.1) is 0 Å². The highest BCUT2D eigenvalue weighted by Crippen LogP contribution is 2.29. The second-order valence-electron chi connectivity index (χ2n) is 5.52. The van der Waals surface area contributed by atoms with Gasteiger partial charge in [0.2, 0.25) is 0 Å². The molecule has 0 N–H and O–H groups in total. The van der Waals surface area contributed by atoms with Crippen molar-refractivity contribution in [1.82, 2.24) is 0 Å². The zero-order chi connectivity index (χ0) is 11.1. The molecule has 3 unspecified atom stereocenters. The molecular weight excluding hydrogens is 168 g/mol. The fourth-order valence-electron chi connectivity index (χ4n) is 2.42. The van der Waals surface area contributed by atoms with Crippen LogP contribution >= 0.6 is 0 Å². The standard InChI is InChI=1S/C14H30/c1-7-12(5)10-14(8-2)13(6)9-11(3)4/h11-14H,7-10H2,1-6H3. The zero-order valence-electron chi connectivity index (χ0n) is 11.1. The van der Waals surface area contributed by atoms with E-state index in [1.54, 1.807) is 0 Å². The SMILES string of the molecule is CCC(C)CC(CC)C(C)CC(C)C. The van der Waals surface area contributed by atoms with E-state index in [1.807, 2.05) is 0 Å². The van der Waals surface area contributed by atoms with Crippen molar-refractivity contribution in [2.45, 2.75) is 67.2 Å². The lowest BCUT2D eigenvalue weighted by Crippen LogP contribution is -2.16. The van der Waals surface area contributed by atoms with Crippen molar-refractivity contribution >= 4 is 0 Å². The van der Waals surface area contributed by atoms with Gasteiger partial charge in [-0.3, -0.25) is 0 Å². The molecule has 0 heterocycles. The number of rotatable bonds is 7. The number of hydrogen-bond donors (Lipinski definition) is 0. The van der Waals surface area contributed by atoms with Crippen LogP contribution in [0.25, 0.3) is 0 Å². The Morgan fingerprint density at radius 2 is 1.36 bits per heavy atom. The van der Waals surface area contributed by atoms with Gasteiger partial charge in [0.15, 0.2) is 0 Å². The minimum atomic E-state index is 0.857. The third-order valence-electron chi connectivity index (χ3n) is 3.57. The molecule has 0 aromatic heterocycles. The molecular formula is C14H30. The van der Waals surface area contributed by atoms with Crippen LogP contribution in [0.2, 0.25) is 0 Å². The molecule has 0 nitrogen and oxygen atoms in total. The van der Waals surface area contributed by atoms with E-state index in [0.29, 0.717) is 0 Å². The Labute approximate surface area is 91.5 Å². The predicted octanol–water partition coefficient (Wildman–Crippen LogP) is 5.13. The van der Waals surface area contributed by atoms with Crippen molar-refractivity contribution in [2.75, 3.05) is 0 Å². The van der Waals surface area contributed by atoms with Crippen LogP contribution < -0.4 is 0 Å². The molecule has 0 amide bonds. The Morgan fingerprint density at radius 3 is 1.71 bits per heavy atom. The molecule has 0 aliphatic heterocycles. The summed E-state index contributed by atoms with van der Waals surface area (Å²) in [7, 11) is 0. The third-order valence-corrected chi connectivity index (χ3v) is 3.57. The Morgan fingerprint density at radius 1 is 0.786 bits per heavy atom. The second-order valence-corrected chi connectivity index (χ2v) is 5.52. The van der Waals surface area contributed by atoms with Gasteiger partial charge in [-0.1, -0.05) is 54.4 Å². The topological polar surface area (TPSA) is 0 Å². The van der Waals surface area contributed by atoms with E-state index in [1.165, 1.54) is 25.7 Å². The lowest BCUT2D eigenvalue weighted by Gasteiger charge is -2.26. The van der Waals surface area contributed by atoms with Crippen LogP contribution in [0.15, 0.2) is 0 Å². The molecule has 0 aliphatic rings. The van der Waals surface area contributed by atoms with Crippen LogP contribution in [-0.4, -0.2) is 0 Å². The summed E-state index contributed by atoms with van der Waals surface area (Å²) in [4.78, 5) is 0. The first-order valence-corrected chi connectivity index (χ1v) is 6.51. The van der Waals surface area contributed by atoms with Gasteiger partial charge in [-0.05, 0) is 36.5 Å². The molecule has 0 saturated heterocycles. The molecule has 14 heavy (non-hydrogen) atoms. The molecule has 3 atom stereocenters. The summed E-state index contributed by atoms with van der Waals surface area (Å²) in [5.41, 5.74) is 0. The first-order valence-electron chi connectivity index (χ1n) is 6.51. The average Bonchev–Trinajstić information content (AvgIpc) is 2.12. The van der Waals surface area contributed by atoms with Crippen LogP contribution in [0.5, 0.6) is 0 Å². The molecule has 86 valence electrons. The van der Waals surface area contributed by atoms with Gasteiger partial charge in [-0.25, -0.2) is 0 Å². The highest BCUT2D eigenvalue weighted by atomic mass is 14.2. The first kappa shape index (κ1) is 14.0. The fraction of sp³-hybridized carbons (Fsp3) is 1.00. The van der Waals surface area contributed by atoms with Crippen molar-refractivity contribution < 1.29 is 0 Å². The summed E-state index contributed by atoms with van der Waals surface area (Å²) in [5.74, 6) is 3.63. The quantitative estimate of drug-likeness (QED) is 0.532. The maximum atomic E-state index is 2.44. The van der Waals surface area contributed by atoms with Crippen molar-refractivity contribution in [3.05, 3.63) is 0 Å². The van der Waals surface area contributed by atoms with E-state index in [0.717, 1.165) is 23.7 Å². The minimum absolute atomic E-state index is 0.857. The molecule has 0 spiro atoms. The van der Waals surface area contributed by atoms with E-state index in [2.05, 4.69) is 41.5 Å². The molecule has 0 rings (SSSR count). The van der Waals surface area contributed by atoms with Gasteiger partial charge in [-0.2, -0.15) is 0 Å². The largest absolute Gasteiger partial charge is 0.0651 e. The lowest BCUT2D eigenvalue weighted by molar-refractivity contribution is 0.247. The maximum Gasteiger partial charge on any atom is -0.0388 e. The smallest absolute Gasteiger partial charge is 0.0388 e. The van der Waals surface area contributed by atoms with Crippen LogP contribution in [-0.2, 0) is 0 Å². The van der Waals surface area contributed by atoms with Crippen LogP contribution in [0.1, 0.15) is 67.2 Å². The lowest BCUT2D eigenvalue weighted by atomic mass is 9.80. The summed E-state index contributed by atoms with van der Waals surface area (Å²) < 4.78 is 0. The Bertz CT molecular complexity index is 126. The van der Waals surface area contributed by atoms with Crippen molar-refractivity contribution in [1.29, 1.82) is 0 Å². The summed E-state index contributed by atoms with van der Waals surface area (Å²) in [6.07, 6.45) is 5.53. The summed E-state index contributed by atoms with van der Waals surface area (Å²) in [6, 6.07) is 0.